The van der Waals surface area contributed by atoms with Gasteiger partial charge in [-0.05, 0) is 17.7 Å². The van der Waals surface area contributed by atoms with Crippen LogP contribution < -0.4 is 5.73 Å². The van der Waals surface area contributed by atoms with Crippen LogP contribution in [0.2, 0.25) is 0 Å². The van der Waals surface area contributed by atoms with Crippen molar-refractivity contribution in [1.82, 2.24) is 0 Å². The summed E-state index contributed by atoms with van der Waals surface area (Å²) in [5, 5.41) is 9.18. The summed E-state index contributed by atoms with van der Waals surface area (Å²) in [5.74, 6) is -0.0000940. The van der Waals surface area contributed by atoms with Crippen LogP contribution in [0, 0.1) is 0 Å². The summed E-state index contributed by atoms with van der Waals surface area (Å²) in [5.41, 5.74) is 6.41. The number of carbonyl (C=O) groups excluding carboxylic acids is 1. The average molecular weight is 177 g/mol. The van der Waals surface area contributed by atoms with E-state index in [2.05, 4.69) is 0 Å². The summed E-state index contributed by atoms with van der Waals surface area (Å²) in [6.45, 7) is 0.456. The van der Waals surface area contributed by atoms with Gasteiger partial charge in [0.1, 0.15) is 5.75 Å². The average Bonchev–Trinajstić information content (AvgIpc) is 2.16. The highest BCUT2D eigenvalue weighted by molar-refractivity contribution is 5.80. The first kappa shape index (κ1) is 9.48. The molecule has 0 heterocycles. The van der Waals surface area contributed by atoms with Crippen molar-refractivity contribution in [2.24, 2.45) is 5.73 Å². The first-order chi connectivity index (χ1) is 6.27. The molecule has 1 rings (SSSR count). The molecule has 0 aromatic heterocycles. The third-order valence-electron chi connectivity index (χ3n) is 1.62. The molecule has 3 N–H and O–H groups in total. The molecule has 68 valence electrons. The lowest BCUT2D eigenvalue weighted by molar-refractivity contribution is 0.112. The molecule has 0 spiro atoms. The number of phenolic OH excluding ortho intramolecular Hbond substituents is 1. The Hall–Kier alpha value is -1.61. The SMILES string of the molecule is NCC=Cc1ccc(O)c(C=O)c1. The normalized spacial score (nSPS) is 10.5. The van der Waals surface area contributed by atoms with Gasteiger partial charge in [-0.3, -0.25) is 4.79 Å². The second kappa shape index (κ2) is 4.42. The number of nitrogens with two attached hydrogens (primary N) is 1. The Bertz CT molecular complexity index is 332. The quantitative estimate of drug-likeness (QED) is 0.681. The van der Waals surface area contributed by atoms with E-state index in [0.29, 0.717) is 18.4 Å². The van der Waals surface area contributed by atoms with Crippen LogP contribution in [0.15, 0.2) is 24.3 Å². The Morgan fingerprint density at radius 2 is 2.23 bits per heavy atom. The van der Waals surface area contributed by atoms with Crippen molar-refractivity contribution in [3.8, 4) is 5.75 Å². The van der Waals surface area contributed by atoms with Crippen LogP contribution in [0.25, 0.3) is 6.08 Å². The summed E-state index contributed by atoms with van der Waals surface area (Å²) in [6, 6.07) is 4.81. The molecule has 0 saturated heterocycles. The molecule has 3 nitrogen and oxygen atoms in total. The van der Waals surface area contributed by atoms with Crippen molar-refractivity contribution < 1.29 is 9.90 Å². The van der Waals surface area contributed by atoms with Crippen molar-refractivity contribution in [3.63, 3.8) is 0 Å². The molecule has 0 aliphatic rings. The second-order valence-corrected chi connectivity index (χ2v) is 2.57. The smallest absolute Gasteiger partial charge is 0.153 e. The maximum absolute atomic E-state index is 10.4. The summed E-state index contributed by atoms with van der Waals surface area (Å²) in [4.78, 5) is 10.4. The number of aromatic hydroxyl groups is 1. The van der Waals surface area contributed by atoms with Gasteiger partial charge in [-0.25, -0.2) is 0 Å². The minimum Gasteiger partial charge on any atom is -0.507 e. The van der Waals surface area contributed by atoms with Gasteiger partial charge in [-0.2, -0.15) is 0 Å². The number of aldehydes is 1. The van der Waals surface area contributed by atoms with Crippen LogP contribution >= 0.6 is 0 Å². The fourth-order valence-electron chi connectivity index (χ4n) is 0.975. The molecule has 0 fully saturated rings. The molecule has 3 heteroatoms. The molecule has 0 atom stereocenters. The molecule has 0 unspecified atom stereocenters. The zero-order valence-electron chi connectivity index (χ0n) is 7.10. The Labute approximate surface area is 76.5 Å². The zero-order valence-corrected chi connectivity index (χ0v) is 7.10. The van der Waals surface area contributed by atoms with E-state index in [9.17, 15) is 9.90 Å². The van der Waals surface area contributed by atoms with E-state index in [0.717, 1.165) is 5.56 Å². The molecule has 0 amide bonds. The minimum atomic E-state index is -0.0000940. The molecule has 1 aromatic carbocycles. The maximum atomic E-state index is 10.4. The standard InChI is InChI=1S/C10H11NO2/c11-5-1-2-8-3-4-10(13)9(6-8)7-12/h1-4,6-7,13H,5,11H2. The molecule has 0 saturated carbocycles. The third-order valence-corrected chi connectivity index (χ3v) is 1.62. The summed E-state index contributed by atoms with van der Waals surface area (Å²) >= 11 is 0. The Morgan fingerprint density at radius 3 is 2.85 bits per heavy atom. The monoisotopic (exact) mass is 177 g/mol. The van der Waals surface area contributed by atoms with Gasteiger partial charge >= 0.3 is 0 Å². The van der Waals surface area contributed by atoms with E-state index in [1.54, 1.807) is 24.3 Å². The van der Waals surface area contributed by atoms with Gasteiger partial charge in [0.15, 0.2) is 6.29 Å². The van der Waals surface area contributed by atoms with E-state index in [-0.39, 0.29) is 5.75 Å². The highest BCUT2D eigenvalue weighted by atomic mass is 16.3. The van der Waals surface area contributed by atoms with Gasteiger partial charge in [0.2, 0.25) is 0 Å². The van der Waals surface area contributed by atoms with Crippen molar-refractivity contribution in [1.29, 1.82) is 0 Å². The summed E-state index contributed by atoms with van der Waals surface area (Å²) in [6.07, 6.45) is 4.20. The van der Waals surface area contributed by atoms with E-state index in [4.69, 9.17) is 5.73 Å². The van der Waals surface area contributed by atoms with Gasteiger partial charge in [0.05, 0.1) is 5.56 Å². The molecule has 13 heavy (non-hydrogen) atoms. The summed E-state index contributed by atoms with van der Waals surface area (Å²) in [7, 11) is 0. The number of carbonyl (C=O) groups is 1. The molecular weight excluding hydrogens is 166 g/mol. The Morgan fingerprint density at radius 1 is 1.46 bits per heavy atom. The lowest BCUT2D eigenvalue weighted by Gasteiger charge is -1.98. The first-order valence-corrected chi connectivity index (χ1v) is 3.92. The van der Waals surface area contributed by atoms with E-state index < -0.39 is 0 Å². The van der Waals surface area contributed by atoms with E-state index in [1.165, 1.54) is 6.07 Å². The topological polar surface area (TPSA) is 63.3 Å². The van der Waals surface area contributed by atoms with Gasteiger partial charge in [0.25, 0.3) is 0 Å². The molecule has 0 aliphatic carbocycles. The predicted octanol–water partition coefficient (Wildman–Crippen LogP) is 1.18. The Kier molecular flexibility index (Phi) is 3.23. The second-order valence-electron chi connectivity index (χ2n) is 2.57. The van der Waals surface area contributed by atoms with Crippen molar-refractivity contribution in [3.05, 3.63) is 35.4 Å². The zero-order chi connectivity index (χ0) is 9.68. The van der Waals surface area contributed by atoms with Crippen LogP contribution in [0.1, 0.15) is 15.9 Å². The van der Waals surface area contributed by atoms with Crippen LogP contribution in [-0.4, -0.2) is 17.9 Å². The third kappa shape index (κ3) is 2.42. The van der Waals surface area contributed by atoms with E-state index >= 15 is 0 Å². The molecule has 0 bridgehead atoms. The first-order valence-electron chi connectivity index (χ1n) is 3.92. The van der Waals surface area contributed by atoms with Crippen molar-refractivity contribution in [2.45, 2.75) is 0 Å². The highest BCUT2D eigenvalue weighted by Crippen LogP contribution is 2.16. The summed E-state index contributed by atoms with van der Waals surface area (Å²) < 4.78 is 0. The number of rotatable bonds is 3. The molecule has 0 radical (unpaired) electrons. The number of benzene rings is 1. The van der Waals surface area contributed by atoms with Gasteiger partial charge in [-0.15, -0.1) is 0 Å². The lowest BCUT2D eigenvalue weighted by atomic mass is 10.1. The number of hydrogen-bond acceptors (Lipinski definition) is 3. The fraction of sp³-hybridized carbons (Fsp3) is 0.100. The van der Waals surface area contributed by atoms with Gasteiger partial charge in [0, 0.05) is 6.54 Å². The molecule has 1 aromatic rings. The fourth-order valence-corrected chi connectivity index (χ4v) is 0.975. The minimum absolute atomic E-state index is 0.0000940. The van der Waals surface area contributed by atoms with Crippen LogP contribution in [0.5, 0.6) is 5.75 Å². The Balaban J connectivity index is 2.99. The maximum Gasteiger partial charge on any atom is 0.153 e. The molecule has 0 aliphatic heterocycles. The van der Waals surface area contributed by atoms with Crippen LogP contribution in [-0.2, 0) is 0 Å². The molecular formula is C10H11NO2. The highest BCUT2D eigenvalue weighted by Gasteiger charge is 1.98. The van der Waals surface area contributed by atoms with Gasteiger partial charge < -0.3 is 10.8 Å². The van der Waals surface area contributed by atoms with Crippen molar-refractivity contribution in [2.75, 3.05) is 6.54 Å². The van der Waals surface area contributed by atoms with E-state index in [1.807, 2.05) is 0 Å². The predicted molar refractivity (Wildman–Crippen MR) is 51.6 cm³/mol. The number of phenols is 1. The van der Waals surface area contributed by atoms with Crippen molar-refractivity contribution >= 4 is 12.4 Å². The largest absolute Gasteiger partial charge is 0.507 e. The van der Waals surface area contributed by atoms with Gasteiger partial charge in [-0.1, -0.05) is 18.2 Å². The van der Waals surface area contributed by atoms with Crippen LogP contribution in [0.3, 0.4) is 0 Å². The number of hydrogen-bond donors (Lipinski definition) is 2. The lowest BCUT2D eigenvalue weighted by Crippen LogP contribution is -1.92. The van der Waals surface area contributed by atoms with Crippen LogP contribution in [0.4, 0.5) is 0 Å².